The van der Waals surface area contributed by atoms with Crippen LogP contribution in [0.2, 0.25) is 0 Å². The average molecular weight is 378 g/mol. The van der Waals surface area contributed by atoms with Crippen LogP contribution in [0.4, 0.5) is 0 Å². The number of ketones is 4. The lowest BCUT2D eigenvalue weighted by molar-refractivity contribution is -0.263. The van der Waals surface area contributed by atoms with Gasteiger partial charge < -0.3 is 30.6 Å². The van der Waals surface area contributed by atoms with E-state index >= 15 is 0 Å². The minimum atomic E-state index is -3.61. The van der Waals surface area contributed by atoms with Gasteiger partial charge in [0.1, 0.15) is 17.8 Å². The van der Waals surface area contributed by atoms with Crippen molar-refractivity contribution in [1.82, 2.24) is 0 Å². The van der Waals surface area contributed by atoms with Gasteiger partial charge in [0.2, 0.25) is 11.4 Å². The van der Waals surface area contributed by atoms with Crippen LogP contribution in [0.25, 0.3) is 0 Å². The number of hydrogen-bond donors (Lipinski definition) is 6. The van der Waals surface area contributed by atoms with Crippen molar-refractivity contribution in [2.45, 2.75) is 76.2 Å². The Morgan fingerprint density at radius 1 is 0.731 bits per heavy atom. The number of aliphatic hydroxyl groups excluding tert-OH is 2. The lowest BCUT2D eigenvalue weighted by Gasteiger charge is -2.52. The monoisotopic (exact) mass is 378 g/mol. The highest BCUT2D eigenvalue weighted by molar-refractivity contribution is 6.14. The van der Waals surface area contributed by atoms with Gasteiger partial charge in [0, 0.05) is 0 Å². The van der Waals surface area contributed by atoms with Crippen molar-refractivity contribution in [3.8, 4) is 0 Å². The molecule has 0 aromatic carbocycles. The third-order valence-electron chi connectivity index (χ3n) is 4.73. The van der Waals surface area contributed by atoms with Gasteiger partial charge in [-0.1, -0.05) is 0 Å². The lowest BCUT2D eigenvalue weighted by atomic mass is 9.59. The van der Waals surface area contributed by atoms with E-state index in [9.17, 15) is 49.8 Å². The summed E-state index contributed by atoms with van der Waals surface area (Å²) in [5.74, 6) is -6.14. The molecule has 2 unspecified atom stereocenters. The van der Waals surface area contributed by atoms with Crippen LogP contribution in [0.15, 0.2) is 0 Å². The zero-order valence-electron chi connectivity index (χ0n) is 15.5. The molecule has 26 heavy (non-hydrogen) atoms. The normalized spacial score (nSPS) is 23.4. The van der Waals surface area contributed by atoms with E-state index in [2.05, 4.69) is 0 Å². The molecule has 0 aromatic rings. The summed E-state index contributed by atoms with van der Waals surface area (Å²) in [4.78, 5) is 48.5. The van der Waals surface area contributed by atoms with Crippen molar-refractivity contribution in [2.24, 2.45) is 0 Å². The van der Waals surface area contributed by atoms with E-state index in [1.54, 1.807) is 0 Å². The fourth-order valence-corrected chi connectivity index (χ4v) is 3.06. The summed E-state index contributed by atoms with van der Waals surface area (Å²) in [6, 6.07) is 0. The van der Waals surface area contributed by atoms with E-state index in [1.165, 1.54) is 0 Å². The van der Waals surface area contributed by atoms with E-state index < -0.39 is 57.7 Å². The van der Waals surface area contributed by atoms with Crippen molar-refractivity contribution < 1.29 is 49.8 Å². The zero-order valence-corrected chi connectivity index (χ0v) is 15.5. The van der Waals surface area contributed by atoms with Crippen LogP contribution >= 0.6 is 0 Å². The van der Waals surface area contributed by atoms with Crippen molar-refractivity contribution in [3.05, 3.63) is 0 Å². The molecule has 0 saturated carbocycles. The van der Waals surface area contributed by atoms with Gasteiger partial charge in [-0.05, 0) is 41.5 Å². The summed E-state index contributed by atoms with van der Waals surface area (Å²) in [5.41, 5.74) is -13.9. The van der Waals surface area contributed by atoms with Gasteiger partial charge >= 0.3 is 0 Å². The van der Waals surface area contributed by atoms with E-state index in [4.69, 9.17) is 0 Å². The van der Waals surface area contributed by atoms with Crippen molar-refractivity contribution in [2.75, 3.05) is 0 Å². The number of Topliss-reactive ketones (excluding diaryl/α,β-unsaturated/α-hetero) is 4. The fraction of sp³-hybridized carbons (Fsp3) is 0.750. The topological polar surface area (TPSA) is 190 Å². The van der Waals surface area contributed by atoms with E-state index in [0.717, 1.165) is 13.8 Å². The van der Waals surface area contributed by atoms with Gasteiger partial charge in [0.05, 0.1) is 0 Å². The lowest BCUT2D eigenvalue weighted by Crippen LogP contribution is -2.82. The highest BCUT2D eigenvalue weighted by Crippen LogP contribution is 2.43. The van der Waals surface area contributed by atoms with Crippen LogP contribution in [0.5, 0.6) is 0 Å². The molecule has 0 radical (unpaired) electrons. The maximum Gasteiger partial charge on any atom is 0.215 e. The second-order valence-corrected chi connectivity index (χ2v) is 6.76. The molecule has 10 nitrogen and oxygen atoms in total. The van der Waals surface area contributed by atoms with Crippen LogP contribution in [0.3, 0.4) is 0 Å². The highest BCUT2D eigenvalue weighted by Gasteiger charge is 2.74. The Balaban J connectivity index is 6.99. The van der Waals surface area contributed by atoms with E-state index in [0.29, 0.717) is 27.7 Å². The molecule has 0 aliphatic carbocycles. The van der Waals surface area contributed by atoms with E-state index in [-0.39, 0.29) is 0 Å². The first-order chi connectivity index (χ1) is 11.3. The van der Waals surface area contributed by atoms with Crippen molar-refractivity contribution in [3.63, 3.8) is 0 Å². The van der Waals surface area contributed by atoms with E-state index in [1.807, 2.05) is 0 Å². The van der Waals surface area contributed by atoms with Crippen LogP contribution in [0.1, 0.15) is 41.5 Å². The Morgan fingerprint density at radius 3 is 1.31 bits per heavy atom. The smallest absolute Gasteiger partial charge is 0.215 e. The van der Waals surface area contributed by atoms with Crippen molar-refractivity contribution in [1.29, 1.82) is 0 Å². The van der Waals surface area contributed by atoms with Gasteiger partial charge in [0.25, 0.3) is 0 Å². The molecule has 0 spiro atoms. The summed E-state index contributed by atoms with van der Waals surface area (Å²) in [5, 5.41) is 61.7. The fourth-order valence-electron chi connectivity index (χ4n) is 3.06. The first kappa shape index (κ1) is 24.4. The molecule has 0 fully saturated rings. The average Bonchev–Trinajstić information content (AvgIpc) is 2.49. The molecule has 0 heterocycles. The van der Waals surface area contributed by atoms with Crippen LogP contribution < -0.4 is 0 Å². The molecule has 150 valence electrons. The molecular weight excluding hydrogens is 352 g/mol. The first-order valence-electron chi connectivity index (χ1n) is 7.71. The third-order valence-corrected chi connectivity index (χ3v) is 4.73. The van der Waals surface area contributed by atoms with Crippen LogP contribution in [-0.4, -0.2) is 88.4 Å². The van der Waals surface area contributed by atoms with Gasteiger partial charge in [-0.15, -0.1) is 0 Å². The number of rotatable bonds is 9. The predicted octanol–water partition coefficient (Wildman–Crippen LogP) is -2.97. The minimum absolute atomic E-state index is 0.486. The molecule has 6 N–H and O–H groups in total. The van der Waals surface area contributed by atoms with Gasteiger partial charge in [-0.25, -0.2) is 0 Å². The molecule has 0 aliphatic heterocycles. The summed E-state index contributed by atoms with van der Waals surface area (Å²) in [6.07, 6.45) is -3.92. The molecule has 10 heteroatoms. The van der Waals surface area contributed by atoms with Gasteiger partial charge in [-0.3, -0.25) is 19.2 Å². The van der Waals surface area contributed by atoms with Crippen LogP contribution in [-0.2, 0) is 19.2 Å². The SMILES string of the molecule is CC(=O)[C@@](O)(C(=O)C(C)O)[C@@](C)(O)[C@@](O)(C(C)=O)[C@@](C)(O)C(=O)C(C)O. The summed E-state index contributed by atoms with van der Waals surface area (Å²) in [7, 11) is 0. The maximum absolute atomic E-state index is 12.2. The second kappa shape index (κ2) is 7.22. The summed E-state index contributed by atoms with van der Waals surface area (Å²) >= 11 is 0. The Morgan fingerprint density at radius 2 is 1.08 bits per heavy atom. The van der Waals surface area contributed by atoms with Crippen molar-refractivity contribution >= 4 is 23.1 Å². The maximum atomic E-state index is 12.2. The Kier molecular flexibility index (Phi) is 6.78. The molecule has 0 bridgehead atoms. The largest absolute Gasteiger partial charge is 0.385 e. The Bertz CT molecular complexity index is 619. The minimum Gasteiger partial charge on any atom is -0.385 e. The van der Waals surface area contributed by atoms with Crippen LogP contribution in [0, 0.1) is 0 Å². The molecule has 0 saturated heterocycles. The van der Waals surface area contributed by atoms with Gasteiger partial charge in [-0.2, -0.15) is 0 Å². The third kappa shape index (κ3) is 3.13. The first-order valence-corrected chi connectivity index (χ1v) is 7.71. The molecule has 0 amide bonds. The number of carbonyl (C=O) groups is 4. The van der Waals surface area contributed by atoms with Gasteiger partial charge in [0.15, 0.2) is 28.6 Å². The molecule has 6 atom stereocenters. The Hall–Kier alpha value is -1.56. The number of aliphatic hydroxyl groups is 6. The molecule has 0 aromatic heterocycles. The molecule has 0 rings (SSSR count). The highest BCUT2D eigenvalue weighted by atomic mass is 16.4. The quantitative estimate of drug-likeness (QED) is 0.226. The molecule has 0 aliphatic rings. The summed E-state index contributed by atoms with van der Waals surface area (Å²) in [6.45, 7) is 4.10. The number of hydrogen-bond acceptors (Lipinski definition) is 10. The number of carbonyl (C=O) groups excluding carboxylic acids is 4. The molecular formula is C16H26O10. The standard InChI is InChI=1S/C16H26O10/c1-7(17)11(21)13(5,23)16(26,10(4)20)14(6,24)15(25,9(3)19)12(22)8(2)18/h7-8,17-18,23-26H,1-6H3/t7?,8?,13-,14+,15+,16+/m0/s1. The second-order valence-electron chi connectivity index (χ2n) is 6.76. The Labute approximate surface area is 150 Å². The predicted molar refractivity (Wildman–Crippen MR) is 85.9 cm³/mol. The summed E-state index contributed by atoms with van der Waals surface area (Å²) < 4.78 is 0. The zero-order chi connectivity index (χ0) is 21.5.